The van der Waals surface area contributed by atoms with Gasteiger partial charge in [0.2, 0.25) is 0 Å². The Bertz CT molecular complexity index is 1990. The van der Waals surface area contributed by atoms with Crippen LogP contribution >= 0.6 is 15.6 Å². The van der Waals surface area contributed by atoms with Crippen molar-refractivity contribution in [2.75, 3.05) is 39.6 Å². The van der Waals surface area contributed by atoms with Crippen LogP contribution in [-0.4, -0.2) is 96.7 Å². The van der Waals surface area contributed by atoms with Crippen molar-refractivity contribution in [3.05, 3.63) is 0 Å². The number of phosphoric ester groups is 2. The number of rotatable bonds is 80. The molecule has 0 fully saturated rings. The second-order valence-electron chi connectivity index (χ2n) is 31.3. The van der Waals surface area contributed by atoms with Gasteiger partial charge in [0.1, 0.15) is 19.3 Å². The molecule has 0 rings (SSSR count). The molecule has 606 valence electrons. The van der Waals surface area contributed by atoms with Gasteiger partial charge < -0.3 is 33.8 Å². The summed E-state index contributed by atoms with van der Waals surface area (Å²) in [6.07, 6.45) is 59.8. The van der Waals surface area contributed by atoms with Crippen LogP contribution in [0.4, 0.5) is 0 Å². The van der Waals surface area contributed by atoms with Crippen molar-refractivity contribution < 1.29 is 80.2 Å². The zero-order valence-electron chi connectivity index (χ0n) is 67.2. The second-order valence-corrected chi connectivity index (χ2v) is 34.2. The van der Waals surface area contributed by atoms with E-state index in [4.69, 9.17) is 37.0 Å². The maximum absolute atomic E-state index is 13.1. The third-order valence-corrected chi connectivity index (χ3v) is 21.9. The van der Waals surface area contributed by atoms with Crippen molar-refractivity contribution in [1.29, 1.82) is 0 Å². The summed E-state index contributed by atoms with van der Waals surface area (Å²) in [5.41, 5.74) is 0. The third-order valence-electron chi connectivity index (χ3n) is 20.0. The number of carbonyl (C=O) groups is 4. The molecule has 0 amide bonds. The lowest BCUT2D eigenvalue weighted by atomic mass is 9.99. The number of ether oxygens (including phenoxy) is 4. The number of aliphatic hydroxyl groups is 1. The summed E-state index contributed by atoms with van der Waals surface area (Å²) in [5, 5.41) is 10.6. The van der Waals surface area contributed by atoms with Crippen LogP contribution < -0.4 is 0 Å². The molecular formula is C83H162O17P2. The zero-order valence-corrected chi connectivity index (χ0v) is 69.0. The van der Waals surface area contributed by atoms with Crippen LogP contribution in [0.25, 0.3) is 0 Å². The Hall–Kier alpha value is -1.94. The summed E-state index contributed by atoms with van der Waals surface area (Å²) in [5.74, 6) is 1.05. The predicted molar refractivity (Wildman–Crippen MR) is 418 cm³/mol. The fourth-order valence-electron chi connectivity index (χ4n) is 12.7. The fraction of sp³-hybridized carbons (Fsp3) is 0.952. The second kappa shape index (κ2) is 72.0. The van der Waals surface area contributed by atoms with Gasteiger partial charge in [-0.3, -0.25) is 37.3 Å². The minimum Gasteiger partial charge on any atom is -0.462 e. The van der Waals surface area contributed by atoms with Crippen LogP contribution in [0, 0.1) is 23.7 Å². The first-order valence-corrected chi connectivity index (χ1v) is 45.8. The van der Waals surface area contributed by atoms with Crippen molar-refractivity contribution in [3.63, 3.8) is 0 Å². The topological polar surface area (TPSA) is 237 Å². The standard InChI is InChI=1S/C83H162O17P2/c1-9-75(7)61-53-45-37-27-23-19-15-13-11-12-14-16-22-26-30-41-49-57-65-82(87)99-78(69-93-80(85)63-55-47-39-29-25-21-18-17-20-24-28-38-46-54-62-76(8)10-2)71-97-101(89,90)95-67-77(84)68-96-102(91,92)98-72-79(100-83(88)66-58-50-42-34-32-36-44-52-60-74(5)6)70-94-81(86)64-56-48-40-33-31-35-43-51-59-73(3)4/h73-79,84H,9-72H2,1-8H3,(H,89,90)(H,91,92)/t75?,76?,77?,78-,79-/m1/s1. The molecule has 0 spiro atoms. The summed E-state index contributed by atoms with van der Waals surface area (Å²) in [6, 6.07) is 0. The van der Waals surface area contributed by atoms with Gasteiger partial charge in [0, 0.05) is 25.7 Å². The number of unbranched alkanes of at least 4 members (excludes halogenated alkanes) is 44. The molecule has 0 aliphatic heterocycles. The van der Waals surface area contributed by atoms with Crippen LogP contribution in [0.2, 0.25) is 0 Å². The molecular weight excluding hydrogens is 1330 g/mol. The summed E-state index contributed by atoms with van der Waals surface area (Å²) in [7, 11) is -9.92. The van der Waals surface area contributed by atoms with Crippen LogP contribution in [-0.2, 0) is 65.4 Å². The molecule has 0 aromatic rings. The number of hydrogen-bond acceptors (Lipinski definition) is 15. The van der Waals surface area contributed by atoms with Gasteiger partial charge in [-0.1, -0.05) is 376 Å². The van der Waals surface area contributed by atoms with Crippen molar-refractivity contribution in [2.45, 2.75) is 446 Å². The molecule has 3 N–H and O–H groups in total. The van der Waals surface area contributed by atoms with Crippen molar-refractivity contribution >= 4 is 39.5 Å². The SMILES string of the molecule is CCC(C)CCCCCCCCCCCCCCCCCCCCC(=O)O[C@H](COC(=O)CCCCCCCCCCCCCCCCC(C)CC)COP(=O)(O)OCC(O)COP(=O)(O)OC[C@@H](COC(=O)CCCCCCCCCCC(C)C)OC(=O)CCCCCCCCCCC(C)C. The maximum Gasteiger partial charge on any atom is 0.472 e. The van der Waals surface area contributed by atoms with E-state index in [1.165, 1.54) is 231 Å². The molecule has 19 heteroatoms. The third kappa shape index (κ3) is 73.6. The molecule has 5 unspecified atom stereocenters. The average Bonchev–Trinajstić information content (AvgIpc) is 0.911. The Morgan fingerprint density at radius 3 is 0.696 bits per heavy atom. The Morgan fingerprint density at radius 1 is 0.275 bits per heavy atom. The molecule has 0 bridgehead atoms. The van der Waals surface area contributed by atoms with Crippen molar-refractivity contribution in [2.24, 2.45) is 23.7 Å². The minimum absolute atomic E-state index is 0.104. The minimum atomic E-state index is -4.96. The number of phosphoric acid groups is 2. The molecule has 102 heavy (non-hydrogen) atoms. The van der Waals surface area contributed by atoms with E-state index < -0.39 is 97.5 Å². The average molecular weight is 1490 g/mol. The lowest BCUT2D eigenvalue weighted by Crippen LogP contribution is -2.30. The van der Waals surface area contributed by atoms with Gasteiger partial charge in [-0.25, -0.2) is 9.13 Å². The summed E-state index contributed by atoms with van der Waals surface area (Å²) in [4.78, 5) is 73.0. The van der Waals surface area contributed by atoms with Crippen molar-refractivity contribution in [3.8, 4) is 0 Å². The smallest absolute Gasteiger partial charge is 0.462 e. The quantitative estimate of drug-likeness (QED) is 0.0222. The van der Waals surface area contributed by atoms with Gasteiger partial charge in [0.25, 0.3) is 0 Å². The Balaban J connectivity index is 5.22. The summed E-state index contributed by atoms with van der Waals surface area (Å²) >= 11 is 0. The van der Waals surface area contributed by atoms with Gasteiger partial charge >= 0.3 is 39.5 Å². The highest BCUT2D eigenvalue weighted by molar-refractivity contribution is 7.47. The van der Waals surface area contributed by atoms with Crippen LogP contribution in [0.15, 0.2) is 0 Å². The molecule has 0 heterocycles. The summed E-state index contributed by atoms with van der Waals surface area (Å²) in [6.45, 7) is 14.3. The van der Waals surface area contributed by atoms with Crippen LogP contribution in [0.3, 0.4) is 0 Å². The number of hydrogen-bond donors (Lipinski definition) is 3. The van der Waals surface area contributed by atoms with Gasteiger partial charge in [0.05, 0.1) is 26.4 Å². The molecule has 0 aromatic heterocycles. The van der Waals surface area contributed by atoms with Crippen molar-refractivity contribution in [1.82, 2.24) is 0 Å². The Morgan fingerprint density at radius 2 is 0.471 bits per heavy atom. The molecule has 0 saturated heterocycles. The largest absolute Gasteiger partial charge is 0.472 e. The van der Waals surface area contributed by atoms with Crippen LogP contribution in [0.1, 0.15) is 428 Å². The monoisotopic (exact) mass is 1490 g/mol. The Kier molecular flexibility index (Phi) is 70.6. The predicted octanol–water partition coefficient (Wildman–Crippen LogP) is 24.8. The van der Waals surface area contributed by atoms with Gasteiger partial charge in [-0.15, -0.1) is 0 Å². The lowest BCUT2D eigenvalue weighted by Gasteiger charge is -2.21. The van der Waals surface area contributed by atoms with E-state index in [9.17, 15) is 43.2 Å². The first-order valence-electron chi connectivity index (χ1n) is 42.8. The van der Waals surface area contributed by atoms with Gasteiger partial charge in [0.15, 0.2) is 12.2 Å². The molecule has 17 nitrogen and oxygen atoms in total. The van der Waals surface area contributed by atoms with E-state index in [0.29, 0.717) is 25.7 Å². The van der Waals surface area contributed by atoms with Gasteiger partial charge in [-0.05, 0) is 49.4 Å². The van der Waals surface area contributed by atoms with E-state index in [1.54, 1.807) is 0 Å². The highest BCUT2D eigenvalue weighted by Crippen LogP contribution is 2.45. The molecule has 0 aliphatic rings. The van der Waals surface area contributed by atoms with Crippen LogP contribution in [0.5, 0.6) is 0 Å². The van der Waals surface area contributed by atoms with E-state index in [0.717, 1.165) is 114 Å². The number of esters is 4. The normalized spacial score (nSPS) is 14.5. The Labute approximate surface area is 626 Å². The van der Waals surface area contributed by atoms with E-state index in [-0.39, 0.29) is 25.7 Å². The fourth-order valence-corrected chi connectivity index (χ4v) is 14.3. The first kappa shape index (κ1) is 100. The molecule has 0 radical (unpaired) electrons. The number of carbonyl (C=O) groups excluding carboxylic acids is 4. The lowest BCUT2D eigenvalue weighted by molar-refractivity contribution is -0.161. The molecule has 0 aliphatic carbocycles. The highest BCUT2D eigenvalue weighted by atomic mass is 31.2. The van der Waals surface area contributed by atoms with E-state index >= 15 is 0 Å². The van der Waals surface area contributed by atoms with E-state index in [1.807, 2.05) is 0 Å². The van der Waals surface area contributed by atoms with E-state index in [2.05, 4.69) is 55.4 Å². The molecule has 0 saturated carbocycles. The zero-order chi connectivity index (χ0) is 75.3. The summed E-state index contributed by atoms with van der Waals surface area (Å²) < 4.78 is 68.7. The molecule has 0 aromatic carbocycles. The molecule has 7 atom stereocenters. The number of aliphatic hydroxyl groups excluding tert-OH is 1. The van der Waals surface area contributed by atoms with Gasteiger partial charge in [-0.2, -0.15) is 0 Å². The maximum atomic E-state index is 13.1. The first-order chi connectivity index (χ1) is 49.2. The highest BCUT2D eigenvalue weighted by Gasteiger charge is 2.30.